The lowest BCUT2D eigenvalue weighted by atomic mass is 10.1. The molecule has 0 aromatic heterocycles. The highest BCUT2D eigenvalue weighted by Crippen LogP contribution is 2.29. The Morgan fingerprint density at radius 2 is 1.83 bits per heavy atom. The number of carbonyl (C=O) groups is 2. The van der Waals surface area contributed by atoms with Crippen LogP contribution in [0.1, 0.15) is 28.4 Å². The summed E-state index contributed by atoms with van der Waals surface area (Å²) in [6, 6.07) is 21.0. The fraction of sp³-hybridized carbons (Fsp3) is 0.148. The molecule has 0 aliphatic heterocycles. The molecule has 0 aliphatic carbocycles. The van der Waals surface area contributed by atoms with Crippen LogP contribution in [-0.4, -0.2) is 25.6 Å². The Bertz CT molecular complexity index is 1280. The van der Waals surface area contributed by atoms with Crippen molar-refractivity contribution in [2.45, 2.75) is 13.5 Å². The van der Waals surface area contributed by atoms with E-state index in [0.29, 0.717) is 28.3 Å². The minimum atomic E-state index is -0.594. The molecule has 0 aliphatic rings. The zero-order valence-electron chi connectivity index (χ0n) is 19.2. The van der Waals surface area contributed by atoms with Crippen molar-refractivity contribution in [1.29, 1.82) is 5.26 Å². The van der Waals surface area contributed by atoms with Crippen molar-refractivity contribution < 1.29 is 23.8 Å². The second kappa shape index (κ2) is 12.4. The molecule has 0 spiro atoms. The van der Waals surface area contributed by atoms with E-state index in [1.54, 1.807) is 56.5 Å². The Hall–Kier alpha value is -4.09. The fourth-order valence-electron chi connectivity index (χ4n) is 3.06. The zero-order chi connectivity index (χ0) is 25.2. The van der Waals surface area contributed by atoms with Crippen LogP contribution in [0.2, 0.25) is 0 Å². The molecule has 0 saturated carbocycles. The lowest BCUT2D eigenvalue weighted by molar-refractivity contribution is -0.112. The van der Waals surface area contributed by atoms with Gasteiger partial charge in [0.05, 0.1) is 19.3 Å². The van der Waals surface area contributed by atoms with E-state index in [2.05, 4.69) is 21.2 Å². The van der Waals surface area contributed by atoms with Gasteiger partial charge in [-0.15, -0.1) is 0 Å². The van der Waals surface area contributed by atoms with E-state index in [-0.39, 0.29) is 18.8 Å². The van der Waals surface area contributed by atoms with Gasteiger partial charge in [-0.1, -0.05) is 34.1 Å². The molecular weight excluding hydrogens is 512 g/mol. The van der Waals surface area contributed by atoms with Crippen molar-refractivity contribution in [1.82, 2.24) is 0 Å². The van der Waals surface area contributed by atoms with E-state index >= 15 is 0 Å². The Kier molecular flexibility index (Phi) is 9.04. The van der Waals surface area contributed by atoms with Gasteiger partial charge in [0.1, 0.15) is 29.7 Å². The van der Waals surface area contributed by atoms with E-state index in [9.17, 15) is 14.9 Å². The summed E-state index contributed by atoms with van der Waals surface area (Å²) in [4.78, 5) is 24.6. The standard InChI is InChI=1S/C27H23BrN2O5/c1-3-34-27(32)18-8-11-22(12-9-18)30-26(31)21(16-29)14-19-10-13-23(33-2)15-25(19)35-17-20-6-4-5-7-24(20)28/h4-15H,3,17H2,1-2H3,(H,30,31)/b21-14+. The number of nitrogens with zero attached hydrogens (tertiary/aromatic N) is 1. The van der Waals surface area contributed by atoms with Crippen LogP contribution in [0.4, 0.5) is 5.69 Å². The summed E-state index contributed by atoms with van der Waals surface area (Å²) < 4.78 is 17.2. The largest absolute Gasteiger partial charge is 0.497 e. The van der Waals surface area contributed by atoms with Crippen LogP contribution >= 0.6 is 15.9 Å². The summed E-state index contributed by atoms with van der Waals surface area (Å²) in [5.41, 5.74) is 2.17. The van der Waals surface area contributed by atoms with Crippen LogP contribution in [0.15, 0.2) is 76.8 Å². The zero-order valence-corrected chi connectivity index (χ0v) is 20.8. The Labute approximate surface area is 212 Å². The van der Waals surface area contributed by atoms with E-state index in [4.69, 9.17) is 14.2 Å². The number of nitriles is 1. The van der Waals surface area contributed by atoms with Crippen LogP contribution in [-0.2, 0) is 16.1 Å². The van der Waals surface area contributed by atoms with Crippen molar-refractivity contribution in [2.75, 3.05) is 19.0 Å². The SMILES string of the molecule is CCOC(=O)c1ccc(NC(=O)/C(C#N)=C/c2ccc(OC)cc2OCc2ccccc2Br)cc1. The molecule has 3 rings (SSSR count). The third-order valence-corrected chi connectivity index (χ3v) is 5.65. The molecule has 35 heavy (non-hydrogen) atoms. The predicted molar refractivity (Wildman–Crippen MR) is 136 cm³/mol. The van der Waals surface area contributed by atoms with E-state index in [0.717, 1.165) is 10.0 Å². The van der Waals surface area contributed by atoms with Gasteiger partial charge in [0.2, 0.25) is 0 Å². The quantitative estimate of drug-likeness (QED) is 0.213. The normalized spacial score (nSPS) is 10.7. The van der Waals surface area contributed by atoms with E-state index < -0.39 is 11.9 Å². The van der Waals surface area contributed by atoms with Crippen LogP contribution in [0.3, 0.4) is 0 Å². The molecule has 0 fully saturated rings. The highest BCUT2D eigenvalue weighted by Gasteiger charge is 2.14. The van der Waals surface area contributed by atoms with Gasteiger partial charge in [-0.2, -0.15) is 5.26 Å². The Balaban J connectivity index is 1.80. The number of anilines is 1. The summed E-state index contributed by atoms with van der Waals surface area (Å²) >= 11 is 3.50. The molecule has 8 heteroatoms. The Morgan fingerprint density at radius 1 is 1.09 bits per heavy atom. The second-order valence-corrected chi connectivity index (χ2v) is 8.06. The molecule has 1 N–H and O–H groups in total. The molecule has 0 saturated heterocycles. The summed E-state index contributed by atoms with van der Waals surface area (Å²) in [5, 5.41) is 12.3. The van der Waals surface area contributed by atoms with Crippen molar-refractivity contribution >= 4 is 39.6 Å². The van der Waals surface area contributed by atoms with Gasteiger partial charge in [-0.3, -0.25) is 4.79 Å². The third kappa shape index (κ3) is 6.95. The molecular formula is C27H23BrN2O5. The van der Waals surface area contributed by atoms with Crippen LogP contribution in [0, 0.1) is 11.3 Å². The number of ether oxygens (including phenoxy) is 3. The lowest BCUT2D eigenvalue weighted by Crippen LogP contribution is -2.14. The van der Waals surface area contributed by atoms with Crippen LogP contribution < -0.4 is 14.8 Å². The average molecular weight is 535 g/mol. The topological polar surface area (TPSA) is 97.7 Å². The average Bonchev–Trinajstić information content (AvgIpc) is 2.87. The highest BCUT2D eigenvalue weighted by atomic mass is 79.9. The first-order chi connectivity index (χ1) is 16.9. The molecule has 0 bridgehead atoms. The second-order valence-electron chi connectivity index (χ2n) is 7.21. The van der Waals surface area contributed by atoms with Gasteiger partial charge in [-0.05, 0) is 55.5 Å². The number of hydrogen-bond acceptors (Lipinski definition) is 6. The fourth-order valence-corrected chi connectivity index (χ4v) is 3.46. The Morgan fingerprint density at radius 3 is 2.49 bits per heavy atom. The number of hydrogen-bond donors (Lipinski definition) is 1. The van der Waals surface area contributed by atoms with Gasteiger partial charge in [-0.25, -0.2) is 4.79 Å². The van der Waals surface area contributed by atoms with Crippen molar-refractivity contribution in [3.8, 4) is 17.6 Å². The monoisotopic (exact) mass is 534 g/mol. The molecule has 7 nitrogen and oxygen atoms in total. The maximum atomic E-state index is 12.8. The van der Waals surface area contributed by atoms with Crippen LogP contribution in [0.25, 0.3) is 6.08 Å². The number of amides is 1. The number of rotatable bonds is 9. The molecule has 0 atom stereocenters. The number of carbonyl (C=O) groups excluding carboxylic acids is 2. The predicted octanol–water partition coefficient (Wildman–Crippen LogP) is 5.76. The van der Waals surface area contributed by atoms with Crippen molar-refractivity contribution in [3.05, 3.63) is 93.5 Å². The van der Waals surface area contributed by atoms with Gasteiger partial charge in [0.25, 0.3) is 5.91 Å². The third-order valence-electron chi connectivity index (χ3n) is 4.88. The van der Waals surface area contributed by atoms with Gasteiger partial charge >= 0.3 is 5.97 Å². The summed E-state index contributed by atoms with van der Waals surface area (Å²) in [5.74, 6) is -0.00474. The molecule has 3 aromatic carbocycles. The molecule has 1 amide bonds. The number of methoxy groups -OCH3 is 1. The van der Waals surface area contributed by atoms with E-state index in [1.165, 1.54) is 6.08 Å². The van der Waals surface area contributed by atoms with Gasteiger partial charge < -0.3 is 19.5 Å². The minimum Gasteiger partial charge on any atom is -0.497 e. The molecule has 178 valence electrons. The van der Waals surface area contributed by atoms with Crippen molar-refractivity contribution in [2.24, 2.45) is 0 Å². The summed E-state index contributed by atoms with van der Waals surface area (Å²) in [7, 11) is 1.55. The van der Waals surface area contributed by atoms with Crippen molar-refractivity contribution in [3.63, 3.8) is 0 Å². The maximum absolute atomic E-state index is 12.8. The highest BCUT2D eigenvalue weighted by molar-refractivity contribution is 9.10. The number of nitrogens with one attached hydrogen (secondary N) is 1. The molecule has 3 aromatic rings. The molecule has 0 heterocycles. The van der Waals surface area contributed by atoms with Gasteiger partial charge in [0.15, 0.2) is 0 Å². The molecule has 0 unspecified atom stereocenters. The maximum Gasteiger partial charge on any atom is 0.338 e. The first-order valence-electron chi connectivity index (χ1n) is 10.7. The van der Waals surface area contributed by atoms with E-state index in [1.807, 2.05) is 30.3 Å². The smallest absolute Gasteiger partial charge is 0.338 e. The first kappa shape index (κ1) is 25.5. The minimum absolute atomic E-state index is 0.115. The first-order valence-corrected chi connectivity index (χ1v) is 11.5. The number of benzene rings is 3. The number of halogens is 1. The van der Waals surface area contributed by atoms with Gasteiger partial charge in [0, 0.05) is 27.4 Å². The lowest BCUT2D eigenvalue weighted by Gasteiger charge is -2.12. The van der Waals surface area contributed by atoms with Crippen LogP contribution in [0.5, 0.6) is 11.5 Å². The molecule has 0 radical (unpaired) electrons. The summed E-state index contributed by atoms with van der Waals surface area (Å²) in [6.45, 7) is 2.27. The number of esters is 1. The summed E-state index contributed by atoms with van der Waals surface area (Å²) in [6.07, 6.45) is 1.46.